The molecule has 1 aromatic rings. The molecule has 122 valence electrons. The van der Waals surface area contributed by atoms with E-state index in [0.717, 1.165) is 12.5 Å². The van der Waals surface area contributed by atoms with Crippen LogP contribution < -0.4 is 10.0 Å². The van der Waals surface area contributed by atoms with Crippen LogP contribution in [0.3, 0.4) is 0 Å². The van der Waals surface area contributed by atoms with Crippen LogP contribution in [-0.4, -0.2) is 32.3 Å². The molecule has 22 heavy (non-hydrogen) atoms. The van der Waals surface area contributed by atoms with Crippen LogP contribution >= 0.6 is 0 Å². The SMILES string of the molecule is CCCC(=O)NCCCNS(=O)(=O)c1ccccc1[N+](=O)[O-]. The summed E-state index contributed by atoms with van der Waals surface area (Å²) >= 11 is 0. The zero-order chi connectivity index (χ0) is 16.6. The smallest absolute Gasteiger partial charge is 0.289 e. The minimum Gasteiger partial charge on any atom is -0.356 e. The number of rotatable bonds is 9. The maximum absolute atomic E-state index is 12.1. The molecule has 0 aliphatic carbocycles. The second-order valence-corrected chi connectivity index (χ2v) is 6.31. The van der Waals surface area contributed by atoms with Crippen molar-refractivity contribution in [3.8, 4) is 0 Å². The standard InChI is InChI=1S/C13H19N3O5S/c1-2-6-13(17)14-9-5-10-15-22(20,21)12-8-4-3-7-11(12)16(18)19/h3-4,7-8,15H,2,5-6,9-10H2,1H3,(H,14,17). The van der Waals surface area contributed by atoms with E-state index in [9.17, 15) is 23.3 Å². The predicted octanol–water partition coefficient (Wildman–Crippen LogP) is 1.18. The summed E-state index contributed by atoms with van der Waals surface area (Å²) in [7, 11) is -3.95. The van der Waals surface area contributed by atoms with Crippen molar-refractivity contribution in [2.75, 3.05) is 13.1 Å². The van der Waals surface area contributed by atoms with Crippen molar-refractivity contribution in [3.05, 3.63) is 34.4 Å². The number of hydrogen-bond acceptors (Lipinski definition) is 5. The highest BCUT2D eigenvalue weighted by atomic mass is 32.2. The Hall–Kier alpha value is -2.00. The van der Waals surface area contributed by atoms with Gasteiger partial charge in [-0.3, -0.25) is 14.9 Å². The van der Waals surface area contributed by atoms with Gasteiger partial charge in [-0.15, -0.1) is 0 Å². The van der Waals surface area contributed by atoms with Gasteiger partial charge >= 0.3 is 0 Å². The second kappa shape index (κ2) is 8.44. The van der Waals surface area contributed by atoms with Crippen LogP contribution in [0.4, 0.5) is 5.69 Å². The lowest BCUT2D eigenvalue weighted by Gasteiger charge is -2.08. The molecule has 0 unspecified atom stereocenters. The Bertz CT molecular complexity index is 630. The van der Waals surface area contributed by atoms with E-state index in [1.807, 2.05) is 6.92 Å². The first kappa shape index (κ1) is 18.1. The number of nitro benzene ring substituents is 1. The van der Waals surface area contributed by atoms with Crippen LogP contribution in [0.5, 0.6) is 0 Å². The molecule has 0 saturated carbocycles. The molecule has 1 amide bonds. The van der Waals surface area contributed by atoms with Gasteiger partial charge in [-0.2, -0.15) is 0 Å². The van der Waals surface area contributed by atoms with E-state index in [0.29, 0.717) is 19.4 Å². The van der Waals surface area contributed by atoms with Crippen molar-refractivity contribution in [2.45, 2.75) is 31.1 Å². The van der Waals surface area contributed by atoms with Crippen LogP contribution in [0.15, 0.2) is 29.2 Å². The molecule has 0 atom stereocenters. The summed E-state index contributed by atoms with van der Waals surface area (Å²) in [6, 6.07) is 5.15. The summed E-state index contributed by atoms with van der Waals surface area (Å²) in [5, 5.41) is 13.5. The number of carbonyl (C=O) groups is 1. The second-order valence-electron chi connectivity index (χ2n) is 4.58. The Labute approximate surface area is 129 Å². The third-order valence-electron chi connectivity index (χ3n) is 2.80. The number of benzene rings is 1. The van der Waals surface area contributed by atoms with Crippen LogP contribution in [0.25, 0.3) is 0 Å². The zero-order valence-corrected chi connectivity index (χ0v) is 13.1. The van der Waals surface area contributed by atoms with Gasteiger partial charge in [0, 0.05) is 25.6 Å². The fourth-order valence-electron chi connectivity index (χ4n) is 1.75. The van der Waals surface area contributed by atoms with E-state index < -0.39 is 20.6 Å². The van der Waals surface area contributed by atoms with Crippen LogP contribution in [-0.2, 0) is 14.8 Å². The molecule has 0 radical (unpaired) electrons. The topological polar surface area (TPSA) is 118 Å². The highest BCUT2D eigenvalue weighted by Crippen LogP contribution is 2.22. The van der Waals surface area contributed by atoms with E-state index >= 15 is 0 Å². The molecule has 0 fully saturated rings. The van der Waals surface area contributed by atoms with Gasteiger partial charge < -0.3 is 5.32 Å². The molecule has 0 aliphatic heterocycles. The average Bonchev–Trinajstić information content (AvgIpc) is 2.47. The Morgan fingerprint density at radius 2 is 1.95 bits per heavy atom. The number of nitrogens with one attached hydrogen (secondary N) is 2. The fraction of sp³-hybridized carbons (Fsp3) is 0.462. The molecule has 9 heteroatoms. The lowest BCUT2D eigenvalue weighted by Crippen LogP contribution is -2.30. The van der Waals surface area contributed by atoms with Crippen LogP contribution in [0, 0.1) is 10.1 Å². The Morgan fingerprint density at radius 3 is 2.59 bits per heavy atom. The largest absolute Gasteiger partial charge is 0.356 e. The summed E-state index contributed by atoms with van der Waals surface area (Å²) in [6.07, 6.45) is 1.58. The first-order valence-corrected chi connectivity index (χ1v) is 8.36. The highest BCUT2D eigenvalue weighted by molar-refractivity contribution is 7.89. The van der Waals surface area contributed by atoms with Gasteiger partial charge in [0.25, 0.3) is 5.69 Å². The van der Waals surface area contributed by atoms with E-state index in [1.54, 1.807) is 0 Å². The molecule has 0 heterocycles. The molecular formula is C13H19N3O5S. The van der Waals surface area contributed by atoms with Gasteiger partial charge in [0.1, 0.15) is 0 Å². The number of carbonyl (C=O) groups excluding carboxylic acids is 1. The molecule has 1 rings (SSSR count). The monoisotopic (exact) mass is 329 g/mol. The van der Waals surface area contributed by atoms with Crippen molar-refractivity contribution in [3.63, 3.8) is 0 Å². The molecule has 8 nitrogen and oxygen atoms in total. The van der Waals surface area contributed by atoms with E-state index in [1.165, 1.54) is 18.2 Å². The van der Waals surface area contributed by atoms with Gasteiger partial charge in [-0.1, -0.05) is 19.1 Å². The van der Waals surface area contributed by atoms with E-state index in [-0.39, 0.29) is 17.3 Å². The molecule has 1 aromatic carbocycles. The average molecular weight is 329 g/mol. The molecule has 0 aromatic heterocycles. The summed E-state index contributed by atoms with van der Waals surface area (Å²) in [5.74, 6) is -0.0796. The van der Waals surface area contributed by atoms with Crippen molar-refractivity contribution in [1.29, 1.82) is 0 Å². The zero-order valence-electron chi connectivity index (χ0n) is 12.2. The van der Waals surface area contributed by atoms with Gasteiger partial charge in [0.2, 0.25) is 15.9 Å². The van der Waals surface area contributed by atoms with Gasteiger partial charge in [0.15, 0.2) is 4.90 Å². The molecule has 0 aliphatic rings. The molecular weight excluding hydrogens is 310 g/mol. The van der Waals surface area contributed by atoms with E-state index in [4.69, 9.17) is 0 Å². The van der Waals surface area contributed by atoms with Crippen LogP contribution in [0.1, 0.15) is 26.2 Å². The van der Waals surface area contributed by atoms with Gasteiger partial charge in [-0.25, -0.2) is 13.1 Å². The number of nitrogens with zero attached hydrogens (tertiary/aromatic N) is 1. The number of para-hydroxylation sites is 1. The minimum atomic E-state index is -3.95. The molecule has 0 spiro atoms. The normalized spacial score (nSPS) is 11.1. The third-order valence-corrected chi connectivity index (χ3v) is 4.30. The van der Waals surface area contributed by atoms with Crippen molar-refractivity contribution in [1.82, 2.24) is 10.0 Å². The van der Waals surface area contributed by atoms with Gasteiger partial charge in [-0.05, 0) is 18.9 Å². The molecule has 0 saturated heterocycles. The first-order chi connectivity index (χ1) is 10.4. The van der Waals surface area contributed by atoms with E-state index in [2.05, 4.69) is 10.0 Å². The Kier molecular flexibility index (Phi) is 6.93. The number of hydrogen-bond donors (Lipinski definition) is 2. The summed E-state index contributed by atoms with van der Waals surface area (Å²) in [4.78, 5) is 21.0. The van der Waals surface area contributed by atoms with Crippen molar-refractivity contribution >= 4 is 21.6 Å². The van der Waals surface area contributed by atoms with Crippen molar-refractivity contribution in [2.24, 2.45) is 0 Å². The van der Waals surface area contributed by atoms with Gasteiger partial charge in [0.05, 0.1) is 4.92 Å². The van der Waals surface area contributed by atoms with Crippen molar-refractivity contribution < 1.29 is 18.1 Å². The predicted molar refractivity (Wildman–Crippen MR) is 80.8 cm³/mol. The molecule has 2 N–H and O–H groups in total. The van der Waals surface area contributed by atoms with Crippen LogP contribution in [0.2, 0.25) is 0 Å². The minimum absolute atomic E-state index is 0.0796. The third kappa shape index (κ3) is 5.41. The Morgan fingerprint density at radius 1 is 1.27 bits per heavy atom. The maximum Gasteiger partial charge on any atom is 0.289 e. The molecule has 0 bridgehead atoms. The fourth-order valence-corrected chi connectivity index (χ4v) is 3.00. The summed E-state index contributed by atoms with van der Waals surface area (Å²) < 4.78 is 26.4. The number of nitro groups is 1. The Balaban J connectivity index is 2.55. The lowest BCUT2D eigenvalue weighted by atomic mass is 10.3. The first-order valence-electron chi connectivity index (χ1n) is 6.88. The summed E-state index contributed by atoms with van der Waals surface area (Å²) in [5.41, 5.74) is -0.466. The number of sulfonamides is 1. The number of amides is 1. The quantitative estimate of drug-likeness (QED) is 0.400. The summed E-state index contributed by atoms with van der Waals surface area (Å²) in [6.45, 7) is 2.32. The highest BCUT2D eigenvalue weighted by Gasteiger charge is 2.24. The maximum atomic E-state index is 12.1. The lowest BCUT2D eigenvalue weighted by molar-refractivity contribution is -0.387.